The maximum absolute atomic E-state index is 13.6. The van der Waals surface area contributed by atoms with Gasteiger partial charge in [-0.3, -0.25) is 14.6 Å². The lowest BCUT2D eigenvalue weighted by Gasteiger charge is -2.37. The van der Waals surface area contributed by atoms with Gasteiger partial charge in [0.2, 0.25) is 5.91 Å². The molecule has 0 spiro atoms. The Morgan fingerprint density at radius 2 is 1.67 bits per heavy atom. The van der Waals surface area contributed by atoms with Crippen LogP contribution in [0.3, 0.4) is 0 Å². The number of halogens is 2. The highest BCUT2D eigenvalue weighted by molar-refractivity contribution is 5.81. The molecular formula is C23H29F2N3O2. The molecule has 162 valence electrons. The van der Waals surface area contributed by atoms with Crippen molar-refractivity contribution in [2.45, 2.75) is 32.5 Å². The number of piperazine rings is 1. The van der Waals surface area contributed by atoms with E-state index in [4.69, 9.17) is 4.74 Å². The first-order chi connectivity index (χ1) is 14.4. The smallest absolute Gasteiger partial charge is 0.237 e. The molecule has 1 aliphatic rings. The molecule has 0 bridgehead atoms. The van der Waals surface area contributed by atoms with E-state index in [1.54, 1.807) is 25.3 Å². The lowest BCUT2D eigenvalue weighted by atomic mass is 10.1. The summed E-state index contributed by atoms with van der Waals surface area (Å²) >= 11 is 0. The molecule has 1 aliphatic heterocycles. The van der Waals surface area contributed by atoms with Crippen molar-refractivity contribution in [1.82, 2.24) is 15.1 Å². The number of nitrogens with one attached hydrogen (secondary N) is 1. The molecule has 1 heterocycles. The van der Waals surface area contributed by atoms with Crippen molar-refractivity contribution in [2.24, 2.45) is 0 Å². The lowest BCUT2D eigenvalue weighted by Crippen LogP contribution is -2.53. The predicted molar refractivity (Wildman–Crippen MR) is 112 cm³/mol. The Labute approximate surface area is 176 Å². The molecule has 5 nitrogen and oxygen atoms in total. The first-order valence-corrected chi connectivity index (χ1v) is 10.2. The summed E-state index contributed by atoms with van der Waals surface area (Å²) in [4.78, 5) is 17.1. The zero-order valence-corrected chi connectivity index (χ0v) is 17.7. The van der Waals surface area contributed by atoms with Crippen LogP contribution >= 0.6 is 0 Å². The maximum Gasteiger partial charge on any atom is 0.237 e. The van der Waals surface area contributed by atoms with Crippen molar-refractivity contribution in [2.75, 3.05) is 33.3 Å². The zero-order chi connectivity index (χ0) is 21.7. The van der Waals surface area contributed by atoms with E-state index in [1.807, 2.05) is 13.8 Å². The van der Waals surface area contributed by atoms with E-state index in [0.29, 0.717) is 12.3 Å². The molecule has 1 saturated heterocycles. The van der Waals surface area contributed by atoms with Crippen molar-refractivity contribution >= 4 is 5.91 Å². The summed E-state index contributed by atoms with van der Waals surface area (Å²) < 4.78 is 32.0. The molecule has 2 aromatic rings. The molecular weight excluding hydrogens is 388 g/mol. The number of benzene rings is 2. The van der Waals surface area contributed by atoms with Crippen molar-refractivity contribution in [3.05, 3.63) is 65.2 Å². The Bertz CT molecular complexity index is 852. The van der Waals surface area contributed by atoms with Gasteiger partial charge >= 0.3 is 0 Å². The van der Waals surface area contributed by atoms with Gasteiger partial charge < -0.3 is 10.1 Å². The van der Waals surface area contributed by atoms with Crippen LogP contribution in [0, 0.1) is 11.6 Å². The summed E-state index contributed by atoms with van der Waals surface area (Å²) in [5.74, 6) is 0.0674. The summed E-state index contributed by atoms with van der Waals surface area (Å²) in [5, 5.41) is 3.01. The molecule has 0 aliphatic carbocycles. The number of hydrogen-bond acceptors (Lipinski definition) is 4. The minimum atomic E-state index is -0.292. The Hall–Kier alpha value is -2.51. The number of carbonyl (C=O) groups excluding carboxylic acids is 1. The third-order valence-corrected chi connectivity index (χ3v) is 5.70. The van der Waals surface area contributed by atoms with Crippen LogP contribution in [0.15, 0.2) is 42.5 Å². The van der Waals surface area contributed by atoms with Crippen LogP contribution in [0.25, 0.3) is 0 Å². The van der Waals surface area contributed by atoms with Gasteiger partial charge in [0.25, 0.3) is 0 Å². The van der Waals surface area contributed by atoms with Gasteiger partial charge in [-0.15, -0.1) is 0 Å². The largest absolute Gasteiger partial charge is 0.496 e. The first kappa shape index (κ1) is 22.2. The number of hydrogen-bond donors (Lipinski definition) is 1. The minimum Gasteiger partial charge on any atom is -0.496 e. The molecule has 2 unspecified atom stereocenters. The fourth-order valence-corrected chi connectivity index (χ4v) is 3.75. The van der Waals surface area contributed by atoms with Crippen LogP contribution < -0.4 is 10.1 Å². The Morgan fingerprint density at radius 3 is 2.30 bits per heavy atom. The van der Waals surface area contributed by atoms with Gasteiger partial charge in [0.15, 0.2) is 0 Å². The van der Waals surface area contributed by atoms with Gasteiger partial charge in [-0.2, -0.15) is 0 Å². The second-order valence-electron chi connectivity index (χ2n) is 7.73. The predicted octanol–water partition coefficient (Wildman–Crippen LogP) is 3.36. The molecule has 2 atom stereocenters. The van der Waals surface area contributed by atoms with Crippen LogP contribution in [0.2, 0.25) is 0 Å². The standard InChI is InChI=1S/C23H29F2N3O2/c1-16(18-4-6-20(24)7-5-18)26-23(29)17(2)28-12-10-27(11-13-28)15-19-14-21(25)8-9-22(19)30-3/h4-9,14,16-17H,10-13,15H2,1-3H3,(H,26,29). The van der Waals surface area contributed by atoms with Crippen LogP contribution in [-0.4, -0.2) is 55.0 Å². The van der Waals surface area contributed by atoms with Gasteiger partial charge in [-0.1, -0.05) is 12.1 Å². The van der Waals surface area contributed by atoms with Crippen molar-refractivity contribution < 1.29 is 18.3 Å². The molecule has 30 heavy (non-hydrogen) atoms. The Balaban J connectivity index is 1.51. The second-order valence-corrected chi connectivity index (χ2v) is 7.73. The topological polar surface area (TPSA) is 44.8 Å². The molecule has 1 amide bonds. The third kappa shape index (κ3) is 5.55. The van der Waals surface area contributed by atoms with Crippen molar-refractivity contribution in [3.8, 4) is 5.75 Å². The highest BCUT2D eigenvalue weighted by Gasteiger charge is 2.27. The highest BCUT2D eigenvalue weighted by Crippen LogP contribution is 2.22. The van der Waals surface area contributed by atoms with Gasteiger partial charge in [0, 0.05) is 38.3 Å². The molecule has 2 aromatic carbocycles. The van der Waals surface area contributed by atoms with E-state index in [-0.39, 0.29) is 29.6 Å². The van der Waals surface area contributed by atoms with E-state index < -0.39 is 0 Å². The monoisotopic (exact) mass is 417 g/mol. The molecule has 7 heteroatoms. The average molecular weight is 418 g/mol. The number of ether oxygens (including phenoxy) is 1. The molecule has 0 radical (unpaired) electrons. The van der Waals surface area contributed by atoms with E-state index in [2.05, 4.69) is 15.1 Å². The van der Waals surface area contributed by atoms with E-state index in [9.17, 15) is 13.6 Å². The summed E-state index contributed by atoms with van der Waals surface area (Å²) in [6.07, 6.45) is 0. The first-order valence-electron chi connectivity index (χ1n) is 10.2. The van der Waals surface area contributed by atoms with Crippen LogP contribution in [0.4, 0.5) is 8.78 Å². The lowest BCUT2D eigenvalue weighted by molar-refractivity contribution is -0.127. The second kappa shape index (κ2) is 10.00. The van der Waals surface area contributed by atoms with Crippen LogP contribution in [0.1, 0.15) is 31.0 Å². The van der Waals surface area contributed by atoms with Gasteiger partial charge in [0.1, 0.15) is 17.4 Å². The number of nitrogens with zero attached hydrogens (tertiary/aromatic N) is 2. The third-order valence-electron chi connectivity index (χ3n) is 5.70. The number of carbonyl (C=O) groups is 1. The van der Waals surface area contributed by atoms with E-state index in [1.165, 1.54) is 24.3 Å². The Kier molecular flexibility index (Phi) is 7.39. The van der Waals surface area contributed by atoms with Gasteiger partial charge in [-0.05, 0) is 49.7 Å². The number of amides is 1. The minimum absolute atomic E-state index is 0.0490. The normalized spacial score (nSPS) is 17.4. The SMILES string of the molecule is COc1ccc(F)cc1CN1CCN(C(C)C(=O)NC(C)c2ccc(F)cc2)CC1. The van der Waals surface area contributed by atoms with Crippen LogP contribution in [-0.2, 0) is 11.3 Å². The molecule has 1 N–H and O–H groups in total. The van der Waals surface area contributed by atoms with E-state index in [0.717, 1.165) is 37.3 Å². The fourth-order valence-electron chi connectivity index (χ4n) is 3.75. The maximum atomic E-state index is 13.6. The van der Waals surface area contributed by atoms with Gasteiger partial charge in [0.05, 0.1) is 19.2 Å². The van der Waals surface area contributed by atoms with Crippen LogP contribution in [0.5, 0.6) is 5.75 Å². The van der Waals surface area contributed by atoms with Gasteiger partial charge in [-0.25, -0.2) is 8.78 Å². The van der Waals surface area contributed by atoms with Crippen molar-refractivity contribution in [1.29, 1.82) is 0 Å². The molecule has 3 rings (SSSR count). The molecule has 0 saturated carbocycles. The number of methoxy groups -OCH3 is 1. The summed E-state index contributed by atoms with van der Waals surface area (Å²) in [6.45, 7) is 7.46. The highest BCUT2D eigenvalue weighted by atomic mass is 19.1. The quantitative estimate of drug-likeness (QED) is 0.751. The number of rotatable bonds is 7. The average Bonchev–Trinajstić information content (AvgIpc) is 2.74. The summed E-state index contributed by atoms with van der Waals surface area (Å²) in [7, 11) is 1.59. The Morgan fingerprint density at radius 1 is 1.03 bits per heavy atom. The zero-order valence-electron chi connectivity index (χ0n) is 17.7. The molecule has 0 aromatic heterocycles. The fraction of sp³-hybridized carbons (Fsp3) is 0.435. The molecule has 1 fully saturated rings. The van der Waals surface area contributed by atoms with Crippen molar-refractivity contribution in [3.63, 3.8) is 0 Å². The van der Waals surface area contributed by atoms with E-state index >= 15 is 0 Å². The summed E-state index contributed by atoms with van der Waals surface area (Å²) in [5.41, 5.74) is 1.69. The summed E-state index contributed by atoms with van der Waals surface area (Å²) in [6, 6.07) is 10.3.